The van der Waals surface area contributed by atoms with Crippen LogP contribution in [0.1, 0.15) is 31.9 Å². The van der Waals surface area contributed by atoms with Crippen LogP contribution in [0.5, 0.6) is 0 Å². The molecule has 2 aromatic rings. The molecule has 3 rings (SSSR count). The lowest BCUT2D eigenvalue weighted by Gasteiger charge is -2.19. The summed E-state index contributed by atoms with van der Waals surface area (Å²) in [6.45, 7) is 7.41. The van der Waals surface area contributed by atoms with E-state index < -0.39 is 11.7 Å². The van der Waals surface area contributed by atoms with Crippen LogP contribution < -0.4 is 16.0 Å². The van der Waals surface area contributed by atoms with Crippen molar-refractivity contribution in [2.45, 2.75) is 33.3 Å². The van der Waals surface area contributed by atoms with E-state index in [1.165, 1.54) is 0 Å². The minimum Gasteiger partial charge on any atom is -0.444 e. The Kier molecular flexibility index (Phi) is 4.90. The standard InChI is InChI=1S/C21H23N3O3/c1-13-6-5-7-17-18(13)16(19(25)24-17)12-22-14-8-10-15(11-9-14)23-20(26)27-21(2,3)4/h5-12,22H,1-4H3,(H,23,26)(H,24,25). The predicted octanol–water partition coefficient (Wildman–Crippen LogP) is 4.75. The minimum absolute atomic E-state index is 0.130. The average Bonchev–Trinajstić information content (AvgIpc) is 2.89. The molecule has 0 saturated heterocycles. The van der Waals surface area contributed by atoms with Crippen LogP contribution in [0.4, 0.5) is 21.9 Å². The van der Waals surface area contributed by atoms with Gasteiger partial charge in [-0.3, -0.25) is 10.1 Å². The van der Waals surface area contributed by atoms with Gasteiger partial charge in [-0.15, -0.1) is 0 Å². The molecule has 0 fully saturated rings. The lowest BCUT2D eigenvalue weighted by Crippen LogP contribution is -2.27. The van der Waals surface area contributed by atoms with Gasteiger partial charge < -0.3 is 15.4 Å². The van der Waals surface area contributed by atoms with Gasteiger partial charge in [0.1, 0.15) is 5.60 Å². The Morgan fingerprint density at radius 1 is 1.07 bits per heavy atom. The van der Waals surface area contributed by atoms with Crippen molar-refractivity contribution in [1.29, 1.82) is 0 Å². The van der Waals surface area contributed by atoms with Gasteiger partial charge in [-0.2, -0.15) is 0 Å². The summed E-state index contributed by atoms with van der Waals surface area (Å²) in [6, 6.07) is 12.9. The molecule has 2 aromatic carbocycles. The fourth-order valence-corrected chi connectivity index (χ4v) is 2.80. The summed E-state index contributed by atoms with van der Waals surface area (Å²) in [6.07, 6.45) is 1.20. The molecule has 27 heavy (non-hydrogen) atoms. The molecule has 2 amide bonds. The van der Waals surface area contributed by atoms with Crippen LogP contribution in [0.15, 0.2) is 48.7 Å². The van der Waals surface area contributed by atoms with Gasteiger partial charge in [-0.25, -0.2) is 4.79 Å². The molecule has 6 heteroatoms. The van der Waals surface area contributed by atoms with Crippen molar-refractivity contribution in [1.82, 2.24) is 0 Å². The van der Waals surface area contributed by atoms with Gasteiger partial charge in [0.2, 0.25) is 0 Å². The summed E-state index contributed by atoms with van der Waals surface area (Å²) in [5.41, 5.74) is 4.25. The number of carbonyl (C=O) groups is 2. The van der Waals surface area contributed by atoms with Gasteiger partial charge in [0.25, 0.3) is 5.91 Å². The van der Waals surface area contributed by atoms with E-state index in [-0.39, 0.29) is 5.91 Å². The summed E-state index contributed by atoms with van der Waals surface area (Å²) >= 11 is 0. The Morgan fingerprint density at radius 3 is 2.41 bits per heavy atom. The number of carbonyl (C=O) groups excluding carboxylic acids is 2. The number of hydrogen-bond acceptors (Lipinski definition) is 4. The highest BCUT2D eigenvalue weighted by molar-refractivity contribution is 6.32. The number of fused-ring (bicyclic) bond motifs is 1. The topological polar surface area (TPSA) is 79.5 Å². The molecule has 1 heterocycles. The lowest BCUT2D eigenvalue weighted by molar-refractivity contribution is -0.110. The highest BCUT2D eigenvalue weighted by atomic mass is 16.6. The van der Waals surface area contributed by atoms with Crippen LogP contribution in [0, 0.1) is 6.92 Å². The molecule has 0 aliphatic carbocycles. The number of aryl methyl sites for hydroxylation is 1. The van der Waals surface area contributed by atoms with E-state index in [0.29, 0.717) is 11.3 Å². The second-order valence-electron chi connectivity index (χ2n) is 7.36. The van der Waals surface area contributed by atoms with Crippen LogP contribution in [0.25, 0.3) is 5.57 Å². The van der Waals surface area contributed by atoms with Crippen molar-refractivity contribution in [3.8, 4) is 0 Å². The van der Waals surface area contributed by atoms with Crippen molar-refractivity contribution in [3.05, 3.63) is 59.8 Å². The van der Waals surface area contributed by atoms with Gasteiger partial charge in [-0.1, -0.05) is 12.1 Å². The normalized spacial score (nSPS) is 14.5. The van der Waals surface area contributed by atoms with Gasteiger partial charge in [-0.05, 0) is 63.6 Å². The first-order valence-electron chi connectivity index (χ1n) is 8.71. The third kappa shape index (κ3) is 4.47. The van der Waals surface area contributed by atoms with Crippen molar-refractivity contribution < 1.29 is 14.3 Å². The van der Waals surface area contributed by atoms with Crippen LogP contribution in [-0.4, -0.2) is 17.6 Å². The summed E-state index contributed by atoms with van der Waals surface area (Å²) in [7, 11) is 0. The van der Waals surface area contributed by atoms with Gasteiger partial charge in [0.05, 0.1) is 5.57 Å². The largest absolute Gasteiger partial charge is 0.444 e. The SMILES string of the molecule is Cc1cccc2c1C(=CNc1ccc(NC(=O)OC(C)(C)C)cc1)C(=O)N2. The summed E-state index contributed by atoms with van der Waals surface area (Å²) in [5, 5.41) is 8.68. The molecule has 140 valence electrons. The molecule has 0 bridgehead atoms. The van der Waals surface area contributed by atoms with Crippen molar-refractivity contribution in [3.63, 3.8) is 0 Å². The number of anilines is 3. The van der Waals surface area contributed by atoms with Gasteiger partial charge >= 0.3 is 6.09 Å². The molecule has 0 aromatic heterocycles. The van der Waals surface area contributed by atoms with Crippen LogP contribution in [-0.2, 0) is 9.53 Å². The number of hydrogen-bond donors (Lipinski definition) is 3. The molecule has 0 saturated carbocycles. The van der Waals surface area contributed by atoms with Crippen LogP contribution in [0.2, 0.25) is 0 Å². The second kappa shape index (κ2) is 7.15. The summed E-state index contributed by atoms with van der Waals surface area (Å²) < 4.78 is 5.22. The van der Waals surface area contributed by atoms with Gasteiger partial charge in [0.15, 0.2) is 0 Å². The van der Waals surface area contributed by atoms with Crippen molar-refractivity contribution in [2.24, 2.45) is 0 Å². The van der Waals surface area contributed by atoms with E-state index in [4.69, 9.17) is 4.74 Å². The molecule has 0 unspecified atom stereocenters. The second-order valence-corrected chi connectivity index (χ2v) is 7.36. The van der Waals surface area contributed by atoms with Crippen LogP contribution >= 0.6 is 0 Å². The van der Waals surface area contributed by atoms with Crippen molar-refractivity contribution >= 4 is 34.6 Å². The van der Waals surface area contributed by atoms with E-state index in [0.717, 1.165) is 22.5 Å². The van der Waals surface area contributed by atoms with E-state index in [9.17, 15) is 9.59 Å². The zero-order valence-electron chi connectivity index (χ0n) is 15.8. The molecule has 1 aliphatic rings. The van der Waals surface area contributed by atoms with E-state index in [2.05, 4.69) is 16.0 Å². The molecule has 3 N–H and O–H groups in total. The molecule has 0 spiro atoms. The molecule has 1 aliphatic heterocycles. The first-order chi connectivity index (χ1) is 12.7. The van der Waals surface area contributed by atoms with Crippen LogP contribution in [0.3, 0.4) is 0 Å². The predicted molar refractivity (Wildman–Crippen MR) is 108 cm³/mol. The van der Waals surface area contributed by atoms with E-state index in [1.54, 1.807) is 18.3 Å². The first-order valence-corrected chi connectivity index (χ1v) is 8.71. The maximum atomic E-state index is 12.2. The zero-order chi connectivity index (χ0) is 19.6. The fourth-order valence-electron chi connectivity index (χ4n) is 2.80. The Balaban J connectivity index is 1.69. The number of ether oxygens (including phenoxy) is 1. The zero-order valence-corrected chi connectivity index (χ0v) is 15.8. The number of nitrogens with one attached hydrogen (secondary N) is 3. The fraction of sp³-hybridized carbons (Fsp3) is 0.238. The maximum absolute atomic E-state index is 12.2. The summed E-state index contributed by atoms with van der Waals surface area (Å²) in [5.74, 6) is -0.130. The minimum atomic E-state index is -0.548. The number of rotatable bonds is 3. The van der Waals surface area contributed by atoms with E-state index in [1.807, 2.05) is 58.0 Å². The average molecular weight is 365 g/mol. The quantitative estimate of drug-likeness (QED) is 0.686. The highest BCUT2D eigenvalue weighted by Gasteiger charge is 2.25. The third-order valence-corrected chi connectivity index (χ3v) is 3.95. The molecule has 0 radical (unpaired) electrons. The Morgan fingerprint density at radius 2 is 1.74 bits per heavy atom. The Hall–Kier alpha value is -3.28. The summed E-state index contributed by atoms with van der Waals surface area (Å²) in [4.78, 5) is 24.0. The van der Waals surface area contributed by atoms with Crippen molar-refractivity contribution in [2.75, 3.05) is 16.0 Å². The third-order valence-electron chi connectivity index (χ3n) is 3.95. The molecular weight excluding hydrogens is 342 g/mol. The smallest absolute Gasteiger partial charge is 0.412 e. The first kappa shape index (κ1) is 18.5. The lowest BCUT2D eigenvalue weighted by atomic mass is 10.0. The molecule has 0 atom stereocenters. The molecule has 6 nitrogen and oxygen atoms in total. The van der Waals surface area contributed by atoms with E-state index >= 15 is 0 Å². The van der Waals surface area contributed by atoms with Gasteiger partial charge in [0, 0.05) is 28.8 Å². The number of amides is 2. The highest BCUT2D eigenvalue weighted by Crippen LogP contribution is 2.34. The monoisotopic (exact) mass is 365 g/mol. The number of benzene rings is 2. The Labute approximate surface area is 158 Å². The molecular formula is C21H23N3O3. The maximum Gasteiger partial charge on any atom is 0.412 e. The Bertz CT molecular complexity index is 909.